The second-order valence-corrected chi connectivity index (χ2v) is 6.59. The normalized spacial score (nSPS) is 10.7. The molecule has 1 aromatic heterocycles. The number of nitrogens with one attached hydrogen (secondary N) is 2. The Morgan fingerprint density at radius 3 is 2.60 bits per heavy atom. The van der Waals surface area contributed by atoms with Crippen LogP contribution < -0.4 is 5.32 Å². The fraction of sp³-hybridized carbons (Fsp3) is 0.167. The third-order valence-corrected chi connectivity index (χ3v) is 4.58. The Morgan fingerprint density at radius 2 is 1.88 bits per heavy atom. The Morgan fingerprint density at radius 1 is 1.12 bits per heavy atom. The summed E-state index contributed by atoms with van der Waals surface area (Å²) < 4.78 is 12.9. The average molecular weight is 356 g/mol. The maximum absolute atomic E-state index is 12.9. The Bertz CT molecular complexity index is 892. The molecule has 2 N–H and O–H groups in total. The summed E-state index contributed by atoms with van der Waals surface area (Å²) in [7, 11) is 0. The molecule has 3 aromatic rings. The zero-order chi connectivity index (χ0) is 17.8. The van der Waals surface area contributed by atoms with E-state index in [4.69, 9.17) is 0 Å². The molecule has 0 bridgehead atoms. The van der Waals surface area contributed by atoms with Gasteiger partial charge in [0.2, 0.25) is 5.91 Å². The number of thioether (sulfide) groups is 1. The van der Waals surface area contributed by atoms with Gasteiger partial charge in [0, 0.05) is 11.3 Å². The van der Waals surface area contributed by atoms with Crippen LogP contribution in [-0.2, 0) is 4.79 Å². The summed E-state index contributed by atoms with van der Waals surface area (Å²) in [5.74, 6) is 0.330. The summed E-state index contributed by atoms with van der Waals surface area (Å²) >= 11 is 1.26. The molecule has 7 heteroatoms. The first-order valence-corrected chi connectivity index (χ1v) is 8.68. The number of hydrogen-bond donors (Lipinski definition) is 2. The third kappa shape index (κ3) is 4.45. The molecule has 0 atom stereocenters. The van der Waals surface area contributed by atoms with Crippen molar-refractivity contribution in [3.63, 3.8) is 0 Å². The first-order chi connectivity index (χ1) is 12.0. The molecule has 0 spiro atoms. The number of H-pyrrole nitrogens is 1. The molecular formula is C18H17FN4OS. The second kappa shape index (κ2) is 7.48. The first kappa shape index (κ1) is 17.2. The van der Waals surface area contributed by atoms with Crippen molar-refractivity contribution in [2.24, 2.45) is 0 Å². The molecule has 2 aromatic carbocycles. The van der Waals surface area contributed by atoms with Crippen LogP contribution in [0.5, 0.6) is 0 Å². The van der Waals surface area contributed by atoms with E-state index in [1.54, 1.807) is 12.1 Å². The van der Waals surface area contributed by atoms with Gasteiger partial charge in [-0.25, -0.2) is 4.39 Å². The summed E-state index contributed by atoms with van der Waals surface area (Å²) in [6.45, 7) is 4.03. The van der Waals surface area contributed by atoms with Gasteiger partial charge >= 0.3 is 0 Å². The molecule has 128 valence electrons. The van der Waals surface area contributed by atoms with E-state index in [0.717, 1.165) is 16.8 Å². The summed E-state index contributed by atoms with van der Waals surface area (Å²) in [5, 5.41) is 11.4. The molecule has 0 radical (unpaired) electrons. The van der Waals surface area contributed by atoms with Gasteiger partial charge in [-0.3, -0.25) is 4.79 Å². The maximum Gasteiger partial charge on any atom is 0.234 e. The van der Waals surface area contributed by atoms with Crippen molar-refractivity contribution in [2.75, 3.05) is 11.1 Å². The van der Waals surface area contributed by atoms with E-state index in [0.29, 0.717) is 11.0 Å². The Labute approximate surface area is 149 Å². The number of amides is 1. The number of carbonyl (C=O) groups is 1. The molecule has 0 fully saturated rings. The minimum Gasteiger partial charge on any atom is -0.325 e. The molecule has 0 saturated carbocycles. The second-order valence-electron chi connectivity index (χ2n) is 5.62. The van der Waals surface area contributed by atoms with Crippen molar-refractivity contribution in [2.45, 2.75) is 19.0 Å². The zero-order valence-corrected chi connectivity index (χ0v) is 14.7. The van der Waals surface area contributed by atoms with Gasteiger partial charge in [-0.05, 0) is 61.4 Å². The van der Waals surface area contributed by atoms with E-state index in [2.05, 4.69) is 20.5 Å². The standard InChI is InChI=1S/C18H17FN4OS/c1-11-3-8-15(9-12(11)2)20-16(24)10-25-18-21-17(22-23-18)13-4-6-14(19)7-5-13/h3-9H,10H2,1-2H3,(H,20,24)(H,21,22,23). The van der Waals surface area contributed by atoms with E-state index < -0.39 is 0 Å². The number of nitrogens with zero attached hydrogens (tertiary/aromatic N) is 2. The number of benzene rings is 2. The molecule has 5 nitrogen and oxygen atoms in total. The fourth-order valence-corrected chi connectivity index (χ4v) is 2.81. The van der Waals surface area contributed by atoms with Crippen LogP contribution >= 0.6 is 11.8 Å². The Balaban J connectivity index is 1.57. The lowest BCUT2D eigenvalue weighted by Crippen LogP contribution is -2.14. The lowest BCUT2D eigenvalue weighted by Gasteiger charge is -2.06. The van der Waals surface area contributed by atoms with Crippen molar-refractivity contribution in [3.8, 4) is 11.4 Å². The SMILES string of the molecule is Cc1ccc(NC(=O)CSc2nnc(-c3ccc(F)cc3)[nH]2)cc1C. The van der Waals surface area contributed by atoms with E-state index >= 15 is 0 Å². The van der Waals surface area contributed by atoms with Gasteiger partial charge in [-0.15, -0.1) is 10.2 Å². The van der Waals surface area contributed by atoms with E-state index in [-0.39, 0.29) is 17.5 Å². The molecule has 25 heavy (non-hydrogen) atoms. The van der Waals surface area contributed by atoms with Crippen LogP contribution in [-0.4, -0.2) is 26.8 Å². The molecule has 0 aliphatic heterocycles. The Hall–Kier alpha value is -2.67. The minimum absolute atomic E-state index is 0.118. The highest BCUT2D eigenvalue weighted by atomic mass is 32.2. The van der Waals surface area contributed by atoms with Crippen LogP contribution in [0.1, 0.15) is 11.1 Å². The van der Waals surface area contributed by atoms with Gasteiger partial charge in [-0.2, -0.15) is 0 Å². The molecule has 1 amide bonds. The predicted octanol–water partition coefficient (Wildman–Crippen LogP) is 3.96. The number of aryl methyl sites for hydroxylation is 2. The Kier molecular flexibility index (Phi) is 5.14. The molecule has 0 aliphatic carbocycles. The van der Waals surface area contributed by atoms with Crippen LogP contribution in [0.15, 0.2) is 47.6 Å². The molecule has 3 rings (SSSR count). The topological polar surface area (TPSA) is 70.7 Å². The number of aromatic amines is 1. The minimum atomic E-state index is -0.305. The van der Waals surface area contributed by atoms with Crippen LogP contribution in [0, 0.1) is 19.7 Å². The highest BCUT2D eigenvalue weighted by Gasteiger charge is 2.09. The van der Waals surface area contributed by atoms with Crippen LogP contribution in [0.2, 0.25) is 0 Å². The van der Waals surface area contributed by atoms with Crippen molar-refractivity contribution in [1.82, 2.24) is 15.2 Å². The maximum atomic E-state index is 12.9. The van der Waals surface area contributed by atoms with E-state index in [1.165, 1.54) is 29.5 Å². The highest BCUT2D eigenvalue weighted by molar-refractivity contribution is 7.99. The van der Waals surface area contributed by atoms with Crippen LogP contribution in [0.4, 0.5) is 10.1 Å². The van der Waals surface area contributed by atoms with Crippen molar-refractivity contribution >= 4 is 23.4 Å². The average Bonchev–Trinajstić information content (AvgIpc) is 3.06. The number of halogens is 1. The lowest BCUT2D eigenvalue weighted by molar-refractivity contribution is -0.113. The third-order valence-electron chi connectivity index (χ3n) is 3.71. The van der Waals surface area contributed by atoms with Crippen molar-refractivity contribution in [3.05, 3.63) is 59.4 Å². The van der Waals surface area contributed by atoms with Crippen LogP contribution in [0.3, 0.4) is 0 Å². The molecular weight excluding hydrogens is 339 g/mol. The lowest BCUT2D eigenvalue weighted by atomic mass is 10.1. The smallest absolute Gasteiger partial charge is 0.234 e. The molecule has 1 heterocycles. The van der Waals surface area contributed by atoms with Gasteiger partial charge in [0.05, 0.1) is 5.75 Å². The number of aromatic nitrogens is 3. The monoisotopic (exact) mass is 356 g/mol. The molecule has 0 saturated heterocycles. The number of rotatable bonds is 5. The van der Waals surface area contributed by atoms with Crippen molar-refractivity contribution in [1.29, 1.82) is 0 Å². The largest absolute Gasteiger partial charge is 0.325 e. The van der Waals surface area contributed by atoms with Gasteiger partial charge < -0.3 is 10.3 Å². The number of hydrogen-bond acceptors (Lipinski definition) is 4. The van der Waals surface area contributed by atoms with Gasteiger partial charge in [-0.1, -0.05) is 17.8 Å². The summed E-state index contributed by atoms with van der Waals surface area (Å²) in [5.41, 5.74) is 3.82. The quantitative estimate of drug-likeness (QED) is 0.679. The molecule has 0 unspecified atom stereocenters. The van der Waals surface area contributed by atoms with E-state index in [1.807, 2.05) is 32.0 Å². The van der Waals surface area contributed by atoms with Gasteiger partial charge in [0.25, 0.3) is 0 Å². The van der Waals surface area contributed by atoms with Gasteiger partial charge in [0.15, 0.2) is 11.0 Å². The van der Waals surface area contributed by atoms with E-state index in [9.17, 15) is 9.18 Å². The summed E-state index contributed by atoms with van der Waals surface area (Å²) in [4.78, 5) is 15.1. The molecule has 0 aliphatic rings. The predicted molar refractivity (Wildman–Crippen MR) is 97.0 cm³/mol. The number of anilines is 1. The number of carbonyl (C=O) groups excluding carboxylic acids is 1. The highest BCUT2D eigenvalue weighted by Crippen LogP contribution is 2.20. The van der Waals surface area contributed by atoms with Gasteiger partial charge in [0.1, 0.15) is 5.82 Å². The summed E-state index contributed by atoms with van der Waals surface area (Å²) in [6, 6.07) is 11.8. The fourth-order valence-electron chi connectivity index (χ4n) is 2.20. The zero-order valence-electron chi connectivity index (χ0n) is 13.8. The summed E-state index contributed by atoms with van der Waals surface area (Å²) in [6.07, 6.45) is 0. The first-order valence-electron chi connectivity index (χ1n) is 7.70. The van der Waals surface area contributed by atoms with Crippen LogP contribution in [0.25, 0.3) is 11.4 Å². The van der Waals surface area contributed by atoms with Crippen molar-refractivity contribution < 1.29 is 9.18 Å².